The molecule has 5 N–H and O–H groups in total. The van der Waals surface area contributed by atoms with E-state index in [1.807, 2.05) is 72.4 Å². The van der Waals surface area contributed by atoms with Gasteiger partial charge in [-0.25, -0.2) is 0 Å². The molecular weight excluding hydrogens is 799 g/mol. The number of para-hydroxylation sites is 4. The lowest BCUT2D eigenvalue weighted by Gasteiger charge is -2.49. The van der Waals surface area contributed by atoms with Gasteiger partial charge in [-0.15, -0.1) is 0 Å². The average Bonchev–Trinajstić information content (AvgIpc) is 3.67. The molecule has 0 atom stereocenters. The highest BCUT2D eigenvalue weighted by atomic mass is 32.2. The number of hydrogen-bond donors (Lipinski definition) is 3. The van der Waals surface area contributed by atoms with Crippen LogP contribution in [0.15, 0.2) is 234 Å². The molecule has 0 fully saturated rings. The number of hydrogen-bond acceptors (Lipinski definition) is 4. The lowest BCUT2D eigenvalue weighted by molar-refractivity contribution is 0.693. The Labute approximate surface area is 378 Å². The number of nitrogens with zero attached hydrogens (tertiary/aromatic N) is 2. The first-order valence-corrected chi connectivity index (χ1v) is 22.4. The Morgan fingerprint density at radius 1 is 0.500 bits per heavy atom. The molecule has 0 aliphatic carbocycles. The summed E-state index contributed by atoms with van der Waals surface area (Å²) in [6.45, 7) is 2.82. The summed E-state index contributed by atoms with van der Waals surface area (Å²) in [4.78, 5) is 5.06. The number of benzene rings is 9. The second kappa shape index (κ2) is 17.3. The molecular formula is C58H47N5S. The van der Waals surface area contributed by atoms with Crippen molar-refractivity contribution in [3.8, 4) is 5.69 Å². The summed E-state index contributed by atoms with van der Waals surface area (Å²) in [6, 6.07) is 79.9. The van der Waals surface area contributed by atoms with Gasteiger partial charge in [-0.3, -0.25) is 5.41 Å². The number of amidine groups is 1. The van der Waals surface area contributed by atoms with Gasteiger partial charge < -0.3 is 20.9 Å². The van der Waals surface area contributed by atoms with E-state index in [2.05, 4.69) is 180 Å². The minimum atomic E-state index is -0.516. The number of fused-ring (bicyclic) bond motifs is 11. The molecule has 6 heteroatoms. The fraction of sp³-hybridized carbons (Fsp3) is 0.0517. The normalized spacial score (nSPS) is 12.8. The molecule has 1 aromatic heterocycles. The van der Waals surface area contributed by atoms with E-state index in [0.717, 1.165) is 11.3 Å². The molecule has 2 aliphatic heterocycles. The molecule has 310 valence electrons. The van der Waals surface area contributed by atoms with Crippen molar-refractivity contribution in [3.05, 3.63) is 263 Å². The van der Waals surface area contributed by atoms with Gasteiger partial charge in [-0.05, 0) is 101 Å². The highest BCUT2D eigenvalue weighted by molar-refractivity contribution is 7.99. The second-order valence-corrected chi connectivity index (χ2v) is 17.2. The van der Waals surface area contributed by atoms with E-state index in [0.29, 0.717) is 6.54 Å². The van der Waals surface area contributed by atoms with Gasteiger partial charge in [0.1, 0.15) is 5.84 Å². The van der Waals surface area contributed by atoms with Crippen LogP contribution in [0.2, 0.25) is 0 Å². The van der Waals surface area contributed by atoms with Gasteiger partial charge in [0.25, 0.3) is 0 Å². The smallest absolute Gasteiger partial charge is 0.122 e. The third-order valence-electron chi connectivity index (χ3n) is 12.2. The van der Waals surface area contributed by atoms with Crippen LogP contribution in [0.4, 0.5) is 17.1 Å². The van der Waals surface area contributed by atoms with Gasteiger partial charge in [-0.2, -0.15) is 0 Å². The number of aromatic nitrogens is 1. The van der Waals surface area contributed by atoms with E-state index < -0.39 is 5.41 Å². The van der Waals surface area contributed by atoms with E-state index in [-0.39, 0.29) is 5.84 Å². The number of nitrogens with one attached hydrogen (secondary N) is 1. The third kappa shape index (κ3) is 7.03. The van der Waals surface area contributed by atoms with Crippen LogP contribution in [-0.4, -0.2) is 10.4 Å². The summed E-state index contributed by atoms with van der Waals surface area (Å²) in [5, 5.41) is 9.57. The molecule has 0 saturated carbocycles. The Kier molecular flexibility index (Phi) is 10.9. The number of aryl methyl sites for hydroxylation is 1. The van der Waals surface area contributed by atoms with Crippen LogP contribution in [-0.2, 0) is 12.0 Å². The molecule has 1 spiro atoms. The predicted octanol–water partition coefficient (Wildman–Crippen LogP) is 13.8. The van der Waals surface area contributed by atoms with E-state index in [9.17, 15) is 0 Å². The van der Waals surface area contributed by atoms with Crippen LogP contribution in [0, 0.1) is 12.3 Å². The third-order valence-corrected chi connectivity index (χ3v) is 13.4. The number of rotatable bonds is 4. The van der Waals surface area contributed by atoms with Gasteiger partial charge in [0.15, 0.2) is 0 Å². The minimum absolute atomic E-state index is 0.121. The zero-order chi connectivity index (χ0) is 43.6. The van der Waals surface area contributed by atoms with Crippen molar-refractivity contribution in [2.45, 2.75) is 28.7 Å². The van der Waals surface area contributed by atoms with Crippen LogP contribution in [0.1, 0.15) is 38.9 Å². The molecule has 0 radical (unpaired) electrons. The molecule has 64 heavy (non-hydrogen) atoms. The molecule has 0 bridgehead atoms. The van der Waals surface area contributed by atoms with Crippen molar-refractivity contribution < 1.29 is 0 Å². The largest absolute Gasteiger partial charge is 0.384 e. The van der Waals surface area contributed by atoms with Crippen LogP contribution in [0.25, 0.3) is 27.5 Å². The Hall–Kier alpha value is -7.64. The molecule has 12 rings (SSSR count). The van der Waals surface area contributed by atoms with E-state index in [1.54, 1.807) is 0 Å². The summed E-state index contributed by atoms with van der Waals surface area (Å²) in [6.07, 6.45) is 0. The zero-order valence-electron chi connectivity index (χ0n) is 35.5. The molecule has 9 aromatic carbocycles. The average molecular weight is 846 g/mol. The van der Waals surface area contributed by atoms with Crippen molar-refractivity contribution in [1.82, 2.24) is 4.57 Å². The first-order valence-electron chi connectivity index (χ1n) is 21.6. The predicted molar refractivity (Wildman–Crippen MR) is 268 cm³/mol. The Bertz CT molecular complexity index is 3240. The lowest BCUT2D eigenvalue weighted by atomic mass is 9.62. The number of nitrogen functional groups attached to an aromatic ring is 1. The SMILES string of the molecule is Cc1cccc(-n2c3ccccc3c3cc4c(cc32)C2(c3ccccc3S4)c3ccccc3N(c3ccccc3)c3ccccc32)c1.N=C(N)c1ccccc1.NCc1ccccc1. The van der Waals surface area contributed by atoms with E-state index in [1.165, 1.54) is 82.0 Å². The van der Waals surface area contributed by atoms with Crippen molar-refractivity contribution in [2.75, 3.05) is 4.90 Å². The molecule has 3 heterocycles. The van der Waals surface area contributed by atoms with Gasteiger partial charge in [0, 0.05) is 44.0 Å². The monoisotopic (exact) mass is 845 g/mol. The second-order valence-electron chi connectivity index (χ2n) is 16.1. The minimum Gasteiger partial charge on any atom is -0.384 e. The standard InChI is InChI=1S/C44H30N2S.C7H8N2.C7H9N/c1-29-14-13-17-31(26-29)46-38-22-9-5-18-32(38)33-27-43-37(28-41(33)46)44(36-21-8-12-25-42(36)47-43)34-19-6-10-23-39(34)45(30-15-3-2-4-16-30)40-24-11-7-20-35(40)44;8-7(9)6-4-2-1-3-5-6;8-6-7-4-2-1-3-5-7/h2-28H,1H3;1-5H,(H3,8,9);1-5H,6,8H2. The molecule has 2 aliphatic rings. The highest BCUT2D eigenvalue weighted by Gasteiger charge is 2.50. The van der Waals surface area contributed by atoms with E-state index in [4.69, 9.17) is 16.9 Å². The van der Waals surface area contributed by atoms with Crippen molar-refractivity contribution in [1.29, 1.82) is 5.41 Å². The summed E-state index contributed by atoms with van der Waals surface area (Å²) >= 11 is 1.90. The quantitative estimate of drug-likeness (QED) is 0.122. The van der Waals surface area contributed by atoms with Crippen LogP contribution in [0.5, 0.6) is 0 Å². The molecule has 10 aromatic rings. The fourth-order valence-corrected chi connectivity index (χ4v) is 10.7. The number of nitrogens with two attached hydrogens (primary N) is 2. The summed E-state index contributed by atoms with van der Waals surface area (Å²) in [5.74, 6) is 0.121. The number of anilines is 3. The van der Waals surface area contributed by atoms with Gasteiger partial charge in [-0.1, -0.05) is 176 Å². The van der Waals surface area contributed by atoms with Crippen LogP contribution >= 0.6 is 11.8 Å². The highest BCUT2D eigenvalue weighted by Crippen LogP contribution is 2.63. The van der Waals surface area contributed by atoms with E-state index >= 15 is 0 Å². The van der Waals surface area contributed by atoms with Crippen molar-refractivity contribution >= 4 is 56.5 Å². The van der Waals surface area contributed by atoms with Crippen molar-refractivity contribution in [2.24, 2.45) is 11.5 Å². The maximum absolute atomic E-state index is 7.01. The molecule has 0 amide bonds. The first kappa shape index (κ1) is 40.4. The molecule has 0 saturated heterocycles. The maximum Gasteiger partial charge on any atom is 0.122 e. The summed E-state index contributed by atoms with van der Waals surface area (Å²) in [5.41, 5.74) is 25.8. The topological polar surface area (TPSA) is 84.1 Å². The zero-order valence-corrected chi connectivity index (χ0v) is 36.3. The van der Waals surface area contributed by atoms with Crippen LogP contribution in [0.3, 0.4) is 0 Å². The van der Waals surface area contributed by atoms with Crippen LogP contribution < -0.4 is 16.4 Å². The van der Waals surface area contributed by atoms with Gasteiger partial charge in [0.2, 0.25) is 0 Å². The lowest BCUT2D eigenvalue weighted by Crippen LogP contribution is -2.39. The summed E-state index contributed by atoms with van der Waals surface area (Å²) < 4.78 is 2.47. The Balaban J connectivity index is 0.000000239. The Morgan fingerprint density at radius 3 is 1.69 bits per heavy atom. The maximum atomic E-state index is 7.01. The fourth-order valence-electron chi connectivity index (χ4n) is 9.46. The molecule has 0 unspecified atom stereocenters. The van der Waals surface area contributed by atoms with Gasteiger partial charge in [0.05, 0.1) is 27.8 Å². The Morgan fingerprint density at radius 2 is 1.06 bits per heavy atom. The van der Waals surface area contributed by atoms with Crippen molar-refractivity contribution in [3.63, 3.8) is 0 Å². The molecule has 5 nitrogen and oxygen atoms in total. The summed E-state index contributed by atoms with van der Waals surface area (Å²) in [7, 11) is 0. The van der Waals surface area contributed by atoms with Gasteiger partial charge >= 0.3 is 0 Å². The first-order chi connectivity index (χ1) is 31.5.